The van der Waals surface area contributed by atoms with Crippen LogP contribution in [0.25, 0.3) is 0 Å². The van der Waals surface area contributed by atoms with Crippen LogP contribution in [0.4, 0.5) is 0 Å². The number of benzene rings is 1. The minimum atomic E-state index is -0.772. The van der Waals surface area contributed by atoms with Crippen molar-refractivity contribution in [3.05, 3.63) is 35.4 Å². The highest BCUT2D eigenvalue weighted by molar-refractivity contribution is 8.01. The van der Waals surface area contributed by atoms with Gasteiger partial charge in [0.15, 0.2) is 0 Å². The van der Waals surface area contributed by atoms with Crippen molar-refractivity contribution in [3.63, 3.8) is 0 Å². The van der Waals surface area contributed by atoms with Gasteiger partial charge >= 0.3 is 0 Å². The van der Waals surface area contributed by atoms with Crippen LogP contribution in [0, 0.1) is 0 Å². The van der Waals surface area contributed by atoms with Gasteiger partial charge in [-0.3, -0.25) is 14.4 Å². The lowest BCUT2D eigenvalue weighted by Crippen LogP contribution is -2.57. The number of hydrogen-bond donors (Lipinski definition) is 3. The van der Waals surface area contributed by atoms with Crippen molar-refractivity contribution in [2.75, 3.05) is 6.61 Å². The number of carbonyl (C=O) groups is 3. The number of nitrogens with zero attached hydrogens (tertiary/aromatic N) is 1. The van der Waals surface area contributed by atoms with Crippen LogP contribution in [0.15, 0.2) is 24.3 Å². The predicted molar refractivity (Wildman–Crippen MR) is 103 cm³/mol. The second-order valence-corrected chi connectivity index (χ2v) is 9.33. The molecule has 1 aromatic carbocycles. The Morgan fingerprint density at radius 1 is 1.26 bits per heavy atom. The van der Waals surface area contributed by atoms with Crippen molar-refractivity contribution in [2.45, 2.75) is 55.9 Å². The minimum absolute atomic E-state index is 0.153. The third-order valence-electron chi connectivity index (χ3n) is 4.96. The summed E-state index contributed by atoms with van der Waals surface area (Å²) in [5.41, 5.74) is 1.56. The maximum atomic E-state index is 13.0. The fraction of sp³-hybridized carbons (Fsp3) is 0.526. The number of thioether (sulfide) groups is 1. The third-order valence-corrected chi connectivity index (χ3v) is 6.49. The summed E-state index contributed by atoms with van der Waals surface area (Å²) in [6, 6.07) is 5.57. The van der Waals surface area contributed by atoms with Gasteiger partial charge in [0.25, 0.3) is 5.91 Å². The third kappa shape index (κ3) is 3.43. The minimum Gasteiger partial charge on any atom is -0.394 e. The van der Waals surface area contributed by atoms with Gasteiger partial charge in [-0.25, -0.2) is 0 Å². The molecule has 3 N–H and O–H groups in total. The number of hydrogen-bond acceptors (Lipinski definition) is 5. The van der Waals surface area contributed by atoms with Crippen LogP contribution in [-0.4, -0.2) is 57.2 Å². The molecule has 1 aromatic rings. The van der Waals surface area contributed by atoms with E-state index in [9.17, 15) is 14.4 Å². The van der Waals surface area contributed by atoms with Gasteiger partial charge in [0.05, 0.1) is 6.61 Å². The van der Waals surface area contributed by atoms with E-state index in [0.717, 1.165) is 5.56 Å². The summed E-state index contributed by atoms with van der Waals surface area (Å²) in [6.45, 7) is 6.96. The van der Waals surface area contributed by atoms with E-state index < -0.39 is 22.9 Å². The molecule has 27 heavy (non-hydrogen) atoms. The Bertz CT molecular complexity index is 782. The zero-order valence-corrected chi connectivity index (χ0v) is 16.7. The molecule has 3 rings (SSSR count). The van der Waals surface area contributed by atoms with Crippen LogP contribution in [0.2, 0.25) is 0 Å². The summed E-state index contributed by atoms with van der Waals surface area (Å²) in [5.74, 6) is -0.878. The van der Waals surface area contributed by atoms with E-state index in [-0.39, 0.29) is 29.7 Å². The molecule has 0 spiro atoms. The molecular weight excluding hydrogens is 366 g/mol. The van der Waals surface area contributed by atoms with Gasteiger partial charge in [0, 0.05) is 16.4 Å². The number of rotatable bonds is 5. The van der Waals surface area contributed by atoms with E-state index in [0.29, 0.717) is 5.56 Å². The monoisotopic (exact) mass is 391 g/mol. The van der Waals surface area contributed by atoms with Gasteiger partial charge in [-0.2, -0.15) is 0 Å². The number of carbonyl (C=O) groups excluding carboxylic acids is 3. The smallest absolute Gasteiger partial charge is 0.256 e. The molecule has 4 atom stereocenters. The Labute approximate surface area is 162 Å². The summed E-state index contributed by atoms with van der Waals surface area (Å²) in [6.07, 6.45) is 0. The van der Waals surface area contributed by atoms with Gasteiger partial charge in [-0.05, 0) is 39.3 Å². The molecule has 0 aliphatic carbocycles. The summed E-state index contributed by atoms with van der Waals surface area (Å²) >= 11 is 1.58. The molecule has 8 heteroatoms. The van der Waals surface area contributed by atoms with Gasteiger partial charge in [-0.15, -0.1) is 11.8 Å². The first-order valence-corrected chi connectivity index (χ1v) is 9.86. The van der Waals surface area contributed by atoms with E-state index >= 15 is 0 Å². The molecule has 0 radical (unpaired) electrons. The Morgan fingerprint density at radius 3 is 2.59 bits per heavy atom. The molecular formula is C19H25N3O4S. The van der Waals surface area contributed by atoms with Crippen molar-refractivity contribution < 1.29 is 19.5 Å². The Hall–Kier alpha value is -2.06. The average molecular weight is 391 g/mol. The molecule has 3 amide bonds. The highest BCUT2D eigenvalue weighted by atomic mass is 32.2. The molecule has 1 saturated heterocycles. The Morgan fingerprint density at radius 2 is 1.93 bits per heavy atom. The van der Waals surface area contributed by atoms with E-state index in [1.54, 1.807) is 36.6 Å². The summed E-state index contributed by atoms with van der Waals surface area (Å²) in [7, 11) is 0. The molecule has 2 aliphatic rings. The topological polar surface area (TPSA) is 98.7 Å². The first-order valence-electron chi connectivity index (χ1n) is 8.98. The quantitative estimate of drug-likeness (QED) is 0.697. The van der Waals surface area contributed by atoms with E-state index in [2.05, 4.69) is 10.6 Å². The lowest BCUT2D eigenvalue weighted by atomic mass is 10.0. The summed E-state index contributed by atoms with van der Waals surface area (Å²) in [4.78, 5) is 39.7. The predicted octanol–water partition coefficient (Wildman–Crippen LogP) is 1.04. The highest BCUT2D eigenvalue weighted by Crippen LogP contribution is 2.56. The van der Waals surface area contributed by atoms with Crippen LogP contribution >= 0.6 is 11.8 Å². The van der Waals surface area contributed by atoms with Crippen LogP contribution in [0.3, 0.4) is 0 Å². The first kappa shape index (κ1) is 19.7. The zero-order valence-electron chi connectivity index (χ0n) is 15.9. The number of aliphatic hydroxyl groups is 1. The lowest BCUT2D eigenvalue weighted by Gasteiger charge is -2.30. The zero-order chi connectivity index (χ0) is 19.9. The van der Waals surface area contributed by atoms with E-state index in [1.807, 2.05) is 32.0 Å². The number of aliphatic hydroxyl groups excluding tert-OH is 1. The summed E-state index contributed by atoms with van der Waals surface area (Å²) in [5, 5.41) is 14.2. The maximum Gasteiger partial charge on any atom is 0.256 e. The van der Waals surface area contributed by atoms with Crippen molar-refractivity contribution in [2.24, 2.45) is 0 Å². The molecule has 146 valence electrons. The van der Waals surface area contributed by atoms with Gasteiger partial charge < -0.3 is 20.6 Å². The molecule has 0 aromatic heterocycles. The van der Waals surface area contributed by atoms with E-state index in [4.69, 9.17) is 5.11 Å². The van der Waals surface area contributed by atoms with Crippen LogP contribution in [0.1, 0.15) is 49.0 Å². The molecule has 0 saturated carbocycles. The second kappa shape index (κ2) is 7.16. The van der Waals surface area contributed by atoms with Crippen LogP contribution in [0.5, 0.6) is 0 Å². The first-order chi connectivity index (χ1) is 12.7. The average Bonchev–Trinajstić information content (AvgIpc) is 3.04. The molecule has 0 bridgehead atoms. The van der Waals surface area contributed by atoms with Crippen LogP contribution in [-0.2, 0) is 9.59 Å². The van der Waals surface area contributed by atoms with Crippen molar-refractivity contribution in [1.29, 1.82) is 0 Å². The molecule has 1 fully saturated rings. The van der Waals surface area contributed by atoms with Crippen molar-refractivity contribution in [3.8, 4) is 0 Å². The fourth-order valence-corrected chi connectivity index (χ4v) is 5.16. The largest absolute Gasteiger partial charge is 0.394 e. The van der Waals surface area contributed by atoms with Gasteiger partial charge in [0.2, 0.25) is 11.8 Å². The number of fused-ring (bicyclic) bond motifs is 3. The number of nitrogens with one attached hydrogen (secondary N) is 2. The molecule has 2 heterocycles. The number of amides is 3. The molecule has 1 unspecified atom stereocenters. The SMILES string of the molecule is C[C@H](NC(=O)[C@H]1N2C(=O)c3ccccc3C2SC1(C)C)C(=O)N[C@@H](C)CO. The van der Waals surface area contributed by atoms with Gasteiger partial charge in [0.1, 0.15) is 17.5 Å². The van der Waals surface area contributed by atoms with Crippen molar-refractivity contribution >= 4 is 29.5 Å². The fourth-order valence-electron chi connectivity index (χ4n) is 3.58. The standard InChI is InChI=1S/C19H25N3O4S/c1-10(9-23)20-15(24)11(2)21-16(25)14-19(3,4)27-18-13-8-6-5-7-12(13)17(26)22(14)18/h5-8,10-11,14,18,23H,9H2,1-4H3,(H,20,24)(H,21,25)/t10-,11-,14+,18?/m0/s1. The second-order valence-electron chi connectivity index (χ2n) is 7.60. The summed E-state index contributed by atoms with van der Waals surface area (Å²) < 4.78 is -0.494. The molecule has 7 nitrogen and oxygen atoms in total. The lowest BCUT2D eigenvalue weighted by molar-refractivity contribution is -0.131. The Kier molecular flexibility index (Phi) is 5.22. The Balaban J connectivity index is 1.79. The normalized spacial score (nSPS) is 24.8. The maximum absolute atomic E-state index is 13.0. The van der Waals surface area contributed by atoms with Crippen molar-refractivity contribution in [1.82, 2.24) is 15.5 Å². The highest BCUT2D eigenvalue weighted by Gasteiger charge is 2.57. The van der Waals surface area contributed by atoms with Crippen LogP contribution < -0.4 is 10.6 Å². The van der Waals surface area contributed by atoms with E-state index in [1.165, 1.54) is 0 Å². The molecule has 2 aliphatic heterocycles. The van der Waals surface area contributed by atoms with Gasteiger partial charge in [-0.1, -0.05) is 18.2 Å².